The molecule has 0 aliphatic heterocycles. The Morgan fingerprint density at radius 3 is 2.50 bits per heavy atom. The Hall–Kier alpha value is -1.70. The molecule has 108 valence electrons. The summed E-state index contributed by atoms with van der Waals surface area (Å²) in [5.74, 6) is 0.560. The lowest BCUT2D eigenvalue weighted by atomic mass is 10.0. The predicted octanol–water partition coefficient (Wildman–Crippen LogP) is 4.20. The maximum atomic E-state index is 12.9. The summed E-state index contributed by atoms with van der Waals surface area (Å²) >= 11 is 0. The molecule has 0 N–H and O–H groups in total. The lowest BCUT2D eigenvalue weighted by Crippen LogP contribution is -2.24. The van der Waals surface area contributed by atoms with Crippen molar-refractivity contribution in [3.05, 3.63) is 29.3 Å². The summed E-state index contributed by atoms with van der Waals surface area (Å²) in [7, 11) is 1.81. The summed E-state index contributed by atoms with van der Waals surface area (Å²) < 4.78 is 38.7. The summed E-state index contributed by atoms with van der Waals surface area (Å²) in [6.45, 7) is 0.767. The topological polar surface area (TPSA) is 27.0 Å². The summed E-state index contributed by atoms with van der Waals surface area (Å²) in [6, 6.07) is 5.52. The lowest BCUT2D eigenvalue weighted by molar-refractivity contribution is -0.137. The molecule has 1 aliphatic rings. The summed E-state index contributed by atoms with van der Waals surface area (Å²) in [5, 5.41) is 8.78. The van der Waals surface area contributed by atoms with E-state index in [0.29, 0.717) is 11.6 Å². The van der Waals surface area contributed by atoms with Crippen molar-refractivity contribution in [3.8, 4) is 6.07 Å². The van der Waals surface area contributed by atoms with Gasteiger partial charge in [0.2, 0.25) is 0 Å². The van der Waals surface area contributed by atoms with Gasteiger partial charge < -0.3 is 4.90 Å². The molecule has 1 aromatic rings. The van der Waals surface area contributed by atoms with Crippen molar-refractivity contribution in [2.24, 2.45) is 5.92 Å². The predicted molar refractivity (Wildman–Crippen MR) is 71.4 cm³/mol. The van der Waals surface area contributed by atoms with Crippen LogP contribution < -0.4 is 4.90 Å². The average Bonchev–Trinajstić information content (AvgIpc) is 2.89. The van der Waals surface area contributed by atoms with Gasteiger partial charge in [0.15, 0.2) is 0 Å². The van der Waals surface area contributed by atoms with Gasteiger partial charge in [0.25, 0.3) is 0 Å². The van der Waals surface area contributed by atoms with E-state index in [1.807, 2.05) is 4.90 Å². The Balaban J connectivity index is 2.22. The van der Waals surface area contributed by atoms with Gasteiger partial charge in [-0.1, -0.05) is 12.8 Å². The van der Waals surface area contributed by atoms with Crippen molar-refractivity contribution in [1.29, 1.82) is 5.26 Å². The monoisotopic (exact) mass is 282 g/mol. The van der Waals surface area contributed by atoms with Crippen molar-refractivity contribution < 1.29 is 13.2 Å². The zero-order valence-corrected chi connectivity index (χ0v) is 11.4. The van der Waals surface area contributed by atoms with E-state index in [2.05, 4.69) is 0 Å². The third kappa shape index (κ3) is 3.24. The molecule has 0 bridgehead atoms. The van der Waals surface area contributed by atoms with Gasteiger partial charge in [0.05, 0.1) is 17.2 Å². The standard InChI is InChI=1S/C15H17F3N2/c1-20(10-11-4-2-3-5-11)13-7-6-12(9-19)14(8-13)15(16,17)18/h6-8,11H,2-5,10H2,1H3. The van der Waals surface area contributed by atoms with Crippen LogP contribution in [-0.4, -0.2) is 13.6 Å². The number of alkyl halides is 3. The van der Waals surface area contributed by atoms with Crippen LogP contribution >= 0.6 is 0 Å². The molecule has 2 rings (SSSR count). The Kier molecular flexibility index (Phi) is 4.22. The van der Waals surface area contributed by atoms with Crippen LogP contribution in [0.3, 0.4) is 0 Å². The van der Waals surface area contributed by atoms with Crippen LogP contribution in [0.1, 0.15) is 36.8 Å². The summed E-state index contributed by atoms with van der Waals surface area (Å²) in [4.78, 5) is 1.85. The Bertz CT molecular complexity index is 511. The minimum Gasteiger partial charge on any atom is -0.374 e. The van der Waals surface area contributed by atoms with E-state index >= 15 is 0 Å². The van der Waals surface area contributed by atoms with Gasteiger partial charge in [0, 0.05) is 19.3 Å². The maximum absolute atomic E-state index is 12.9. The average molecular weight is 282 g/mol. The fraction of sp³-hybridized carbons (Fsp3) is 0.533. The fourth-order valence-electron chi connectivity index (χ4n) is 2.79. The third-order valence-electron chi connectivity index (χ3n) is 3.88. The van der Waals surface area contributed by atoms with Crippen molar-refractivity contribution in [2.45, 2.75) is 31.9 Å². The zero-order chi connectivity index (χ0) is 14.8. The van der Waals surface area contributed by atoms with Crippen molar-refractivity contribution in [3.63, 3.8) is 0 Å². The second-order valence-electron chi connectivity index (χ2n) is 5.37. The quantitative estimate of drug-likeness (QED) is 0.830. The molecule has 0 heterocycles. The van der Waals surface area contributed by atoms with Crippen LogP contribution in [0.5, 0.6) is 0 Å². The highest BCUT2D eigenvalue weighted by Crippen LogP contribution is 2.35. The molecule has 0 aromatic heterocycles. The van der Waals surface area contributed by atoms with Crippen molar-refractivity contribution in [1.82, 2.24) is 0 Å². The van der Waals surface area contributed by atoms with Gasteiger partial charge in [0.1, 0.15) is 0 Å². The van der Waals surface area contributed by atoms with Gasteiger partial charge in [-0.3, -0.25) is 0 Å². The Morgan fingerprint density at radius 2 is 1.95 bits per heavy atom. The molecule has 1 saturated carbocycles. The second-order valence-corrected chi connectivity index (χ2v) is 5.37. The van der Waals surface area contributed by atoms with E-state index in [4.69, 9.17) is 5.26 Å². The first-order chi connectivity index (χ1) is 9.41. The number of hydrogen-bond donors (Lipinski definition) is 0. The summed E-state index contributed by atoms with van der Waals surface area (Å²) in [6.07, 6.45) is 0.216. The minimum absolute atomic E-state index is 0.324. The molecule has 1 fully saturated rings. The largest absolute Gasteiger partial charge is 0.417 e. The van der Waals surface area contributed by atoms with Crippen LogP contribution in [-0.2, 0) is 6.18 Å². The molecule has 0 unspecified atom stereocenters. The van der Waals surface area contributed by atoms with Gasteiger partial charge in [-0.05, 0) is 37.0 Å². The van der Waals surface area contributed by atoms with Crippen LogP contribution in [0.4, 0.5) is 18.9 Å². The van der Waals surface area contributed by atoms with Gasteiger partial charge >= 0.3 is 6.18 Å². The van der Waals surface area contributed by atoms with Gasteiger partial charge in [-0.2, -0.15) is 18.4 Å². The lowest BCUT2D eigenvalue weighted by Gasteiger charge is -2.24. The Morgan fingerprint density at radius 1 is 1.30 bits per heavy atom. The molecule has 20 heavy (non-hydrogen) atoms. The number of rotatable bonds is 3. The molecule has 0 radical (unpaired) electrons. The van der Waals surface area contributed by atoms with Crippen LogP contribution in [0.15, 0.2) is 18.2 Å². The molecule has 0 spiro atoms. The molecular weight excluding hydrogens is 265 g/mol. The van der Waals surface area contributed by atoms with E-state index in [1.165, 1.54) is 18.9 Å². The molecule has 2 nitrogen and oxygen atoms in total. The molecule has 0 amide bonds. The minimum atomic E-state index is -4.49. The first-order valence-corrected chi connectivity index (χ1v) is 6.74. The van der Waals surface area contributed by atoms with Crippen LogP contribution in [0.2, 0.25) is 0 Å². The number of nitrogens with zero attached hydrogens (tertiary/aromatic N) is 2. The second kappa shape index (κ2) is 5.74. The number of halogens is 3. The van der Waals surface area contributed by atoms with E-state index < -0.39 is 11.7 Å². The third-order valence-corrected chi connectivity index (χ3v) is 3.88. The smallest absolute Gasteiger partial charge is 0.374 e. The number of nitriles is 1. The van der Waals surface area contributed by atoms with Crippen molar-refractivity contribution >= 4 is 5.69 Å². The van der Waals surface area contributed by atoms with E-state index in [0.717, 1.165) is 25.5 Å². The molecule has 0 saturated heterocycles. The fourth-order valence-corrected chi connectivity index (χ4v) is 2.79. The highest BCUT2D eigenvalue weighted by molar-refractivity contribution is 5.54. The zero-order valence-electron chi connectivity index (χ0n) is 11.4. The van der Waals surface area contributed by atoms with Crippen LogP contribution in [0, 0.1) is 17.2 Å². The number of benzene rings is 1. The van der Waals surface area contributed by atoms with E-state index in [1.54, 1.807) is 19.2 Å². The Labute approximate surface area is 116 Å². The molecular formula is C15H17F3N2. The summed E-state index contributed by atoms with van der Waals surface area (Å²) in [5.41, 5.74) is -0.658. The first-order valence-electron chi connectivity index (χ1n) is 6.74. The maximum Gasteiger partial charge on any atom is 0.417 e. The first kappa shape index (κ1) is 14.7. The molecule has 1 aromatic carbocycles. The molecule has 5 heteroatoms. The normalized spacial score (nSPS) is 16.1. The van der Waals surface area contributed by atoms with Crippen LogP contribution in [0.25, 0.3) is 0 Å². The number of anilines is 1. The number of hydrogen-bond acceptors (Lipinski definition) is 2. The van der Waals surface area contributed by atoms with Gasteiger partial charge in [-0.25, -0.2) is 0 Å². The highest BCUT2D eigenvalue weighted by Gasteiger charge is 2.34. The van der Waals surface area contributed by atoms with E-state index in [-0.39, 0.29) is 5.56 Å². The SMILES string of the molecule is CN(CC1CCCC1)c1ccc(C#N)c(C(F)(F)F)c1. The molecule has 0 atom stereocenters. The van der Waals surface area contributed by atoms with Gasteiger partial charge in [-0.15, -0.1) is 0 Å². The van der Waals surface area contributed by atoms with E-state index in [9.17, 15) is 13.2 Å². The highest BCUT2D eigenvalue weighted by atomic mass is 19.4. The molecule has 1 aliphatic carbocycles. The van der Waals surface area contributed by atoms with Crippen molar-refractivity contribution in [2.75, 3.05) is 18.5 Å².